The largest absolute Gasteiger partial charge is 0.418 e. The molecule has 0 bridgehead atoms. The van der Waals surface area contributed by atoms with Crippen molar-refractivity contribution in [3.8, 4) is 5.75 Å². The van der Waals surface area contributed by atoms with Crippen LogP contribution in [0.15, 0.2) is 146 Å². The van der Waals surface area contributed by atoms with Gasteiger partial charge in [0.2, 0.25) is 12.3 Å². The molecule has 6 aromatic carbocycles. The lowest BCUT2D eigenvalue weighted by molar-refractivity contribution is -0.686. The normalized spacial score (nSPS) is 13.1. The lowest BCUT2D eigenvalue weighted by Gasteiger charge is -2.46. The minimum atomic E-state index is -6.13. The maximum absolute atomic E-state index is 14.2. The molecule has 7 aromatic rings. The summed E-state index contributed by atoms with van der Waals surface area (Å²) in [5.74, 6) is -0.165. The van der Waals surface area contributed by atoms with Crippen LogP contribution < -0.4 is 31.2 Å². The van der Waals surface area contributed by atoms with Crippen LogP contribution in [0, 0.1) is 6.92 Å². The highest BCUT2D eigenvalue weighted by Gasteiger charge is 2.47. The first-order chi connectivity index (χ1) is 37.4. The number of carbonyl (C=O) groups excluding carboxylic acids is 2. The number of benzene rings is 6. The number of nitrogens with zero attached hydrogens (tertiary/aromatic N) is 2. The summed E-state index contributed by atoms with van der Waals surface area (Å²) >= 11 is 0. The van der Waals surface area contributed by atoms with E-state index in [1.54, 1.807) is 47.2 Å². The standard InChI is InChI=1S/C32H12BF24.C20H17N2O3/c34-25(35,36)13-1-14(26(37,38)39)6-21(5-13)33(22-7-15(27(40,41)42)2-16(8-22)28(43,44)45,23-9-17(29(46,47)48)3-18(10-23)30(49,50)51)24-11-19(31(52,53)54)4-20(12-24)32(55,56)57;1-15-7-5-6-10-19(15)25-20(24)17-13-21-11-12-22(17)14-18(23)16-8-3-2-4-9-16/h1-12H;2-13H,14H2,1H3/q-1;+1. The fraction of sp³-hybridized carbons (Fsp3) is 0.192. The Morgan fingerprint density at radius 1 is 0.427 bits per heavy atom. The van der Waals surface area contributed by atoms with Crippen LogP contribution in [0.1, 0.15) is 70.9 Å². The second-order valence-corrected chi connectivity index (χ2v) is 17.8. The van der Waals surface area contributed by atoms with E-state index in [0.29, 0.717) is 11.3 Å². The van der Waals surface area contributed by atoms with Crippen LogP contribution in [-0.4, -0.2) is 22.9 Å². The summed E-state index contributed by atoms with van der Waals surface area (Å²) in [6.07, 6.45) is -50.3. The van der Waals surface area contributed by atoms with E-state index in [0.717, 1.165) is 5.56 Å². The average molecular weight is 1200 g/mol. The Morgan fingerprint density at radius 2 is 0.720 bits per heavy atom. The van der Waals surface area contributed by atoms with Crippen LogP contribution in [0.2, 0.25) is 0 Å². The monoisotopic (exact) mass is 1200 g/mol. The highest BCUT2D eigenvalue weighted by molar-refractivity contribution is 7.20. The number of esters is 1. The number of carbonyl (C=O) groups is 2. The molecule has 82 heavy (non-hydrogen) atoms. The second-order valence-electron chi connectivity index (χ2n) is 17.8. The van der Waals surface area contributed by atoms with Gasteiger partial charge in [0.05, 0.1) is 50.7 Å². The SMILES string of the molecule is Cc1ccccc1OC(=O)c1cncc[n+]1CC(=O)c1ccccc1.FC(F)(F)c1cc([B-](c2cc(C(F)(F)F)cc(C(F)(F)F)c2)(c2cc(C(F)(F)F)cc(C(F)(F)F)c2)c2cc(C(F)(F)F)cc(C(F)(F)F)c2)cc(C(F)(F)F)c1. The topological polar surface area (TPSA) is 60.1 Å². The van der Waals surface area contributed by atoms with E-state index in [2.05, 4.69) is 4.98 Å². The summed E-state index contributed by atoms with van der Waals surface area (Å²) < 4.78 is 348. The van der Waals surface area contributed by atoms with Crippen LogP contribution in [-0.2, 0) is 56.0 Å². The average Bonchev–Trinajstić information content (AvgIpc) is 1.77. The zero-order valence-corrected chi connectivity index (χ0v) is 40.3. The lowest BCUT2D eigenvalue weighted by atomic mass is 9.12. The van der Waals surface area contributed by atoms with Crippen molar-refractivity contribution < 1.29 is 124 Å². The van der Waals surface area contributed by atoms with E-state index in [1.807, 2.05) is 25.1 Å². The third kappa shape index (κ3) is 14.5. The van der Waals surface area contributed by atoms with Gasteiger partial charge in [-0.25, -0.2) is 4.79 Å². The molecule has 0 N–H and O–H groups in total. The molecule has 436 valence electrons. The summed E-state index contributed by atoms with van der Waals surface area (Å²) in [7, 11) is 0. The van der Waals surface area contributed by atoms with Crippen molar-refractivity contribution in [3.05, 3.63) is 207 Å². The van der Waals surface area contributed by atoms with Crippen molar-refractivity contribution in [1.82, 2.24) is 4.98 Å². The molecule has 0 saturated carbocycles. The molecule has 5 nitrogen and oxygen atoms in total. The van der Waals surface area contributed by atoms with Gasteiger partial charge in [-0.3, -0.25) is 9.78 Å². The number of Topliss-reactive ketones (excluding diaryl/α,β-unsaturated/α-hetero) is 1. The van der Waals surface area contributed by atoms with Gasteiger partial charge in [-0.2, -0.15) is 132 Å². The molecule has 0 unspecified atom stereocenters. The smallest absolute Gasteiger partial charge is 0.416 e. The van der Waals surface area contributed by atoms with Crippen LogP contribution in [0.5, 0.6) is 5.75 Å². The molecule has 30 heteroatoms. The number of rotatable bonds is 9. The van der Waals surface area contributed by atoms with Gasteiger partial charge in [0.1, 0.15) is 18.1 Å². The number of ether oxygens (including phenoxy) is 1. The fourth-order valence-electron chi connectivity index (χ4n) is 8.46. The number of hydrogen-bond acceptors (Lipinski definition) is 4. The van der Waals surface area contributed by atoms with Crippen LogP contribution in [0.3, 0.4) is 0 Å². The van der Waals surface area contributed by atoms with Crippen molar-refractivity contribution in [1.29, 1.82) is 0 Å². The minimum Gasteiger partial charge on any atom is -0.418 e. The minimum absolute atomic E-state index is 0.0325. The van der Waals surface area contributed by atoms with Crippen molar-refractivity contribution >= 4 is 39.7 Å². The highest BCUT2D eigenvalue weighted by atomic mass is 19.4. The number of hydrogen-bond donors (Lipinski definition) is 0. The number of alkyl halides is 24. The molecular weight excluding hydrogens is 1170 g/mol. The Hall–Kier alpha value is -8.08. The molecule has 1 heterocycles. The summed E-state index contributed by atoms with van der Waals surface area (Å²) in [4.78, 5) is 28.9. The number of aryl methyl sites for hydroxylation is 1. The van der Waals surface area contributed by atoms with Gasteiger partial charge in [-0.1, -0.05) is 97.1 Å². The number of aromatic nitrogens is 2. The third-order valence-corrected chi connectivity index (χ3v) is 12.2. The van der Waals surface area contributed by atoms with Crippen molar-refractivity contribution in [3.63, 3.8) is 0 Å². The van der Waals surface area contributed by atoms with E-state index in [9.17, 15) is 115 Å². The van der Waals surface area contributed by atoms with Crippen LogP contribution in [0.25, 0.3) is 0 Å². The molecule has 0 atom stereocenters. The molecule has 0 aliphatic heterocycles. The Balaban J connectivity index is 0.000000357. The molecule has 0 fully saturated rings. The van der Waals surface area contributed by atoms with Crippen LogP contribution >= 0.6 is 0 Å². The third-order valence-electron chi connectivity index (χ3n) is 12.2. The fourth-order valence-corrected chi connectivity index (χ4v) is 8.46. The first kappa shape index (κ1) is 63.1. The predicted octanol–water partition coefficient (Wildman–Crippen LogP) is 14.0. The first-order valence-corrected chi connectivity index (χ1v) is 22.5. The van der Waals surface area contributed by atoms with Gasteiger partial charge in [0.15, 0.2) is 6.20 Å². The van der Waals surface area contributed by atoms with E-state index in [4.69, 9.17) is 4.74 Å². The number of para-hydroxylation sites is 1. The summed E-state index contributed by atoms with van der Waals surface area (Å²) in [6.45, 7) is 1.89. The van der Waals surface area contributed by atoms with Gasteiger partial charge in [0, 0.05) is 5.56 Å². The van der Waals surface area contributed by atoms with Gasteiger partial charge in [-0.05, 0) is 42.8 Å². The lowest BCUT2D eigenvalue weighted by Crippen LogP contribution is -2.75. The van der Waals surface area contributed by atoms with Crippen LogP contribution in [0.4, 0.5) is 105 Å². The van der Waals surface area contributed by atoms with E-state index < -0.39 is 201 Å². The molecule has 0 aliphatic rings. The molecule has 0 amide bonds. The Kier molecular flexibility index (Phi) is 17.2. The van der Waals surface area contributed by atoms with E-state index in [1.165, 1.54) is 12.4 Å². The van der Waals surface area contributed by atoms with Crippen molar-refractivity contribution in [2.45, 2.75) is 62.9 Å². The predicted molar refractivity (Wildman–Crippen MR) is 241 cm³/mol. The first-order valence-electron chi connectivity index (χ1n) is 22.5. The molecule has 0 saturated heterocycles. The molecule has 0 aliphatic carbocycles. The van der Waals surface area contributed by atoms with Crippen molar-refractivity contribution in [2.75, 3.05) is 0 Å². The highest BCUT2D eigenvalue weighted by Crippen LogP contribution is 2.41. The summed E-state index contributed by atoms with van der Waals surface area (Å²) in [6, 6.07) is 7.39. The van der Waals surface area contributed by atoms with Gasteiger partial charge < -0.3 is 4.74 Å². The number of ketones is 1. The molecule has 0 radical (unpaired) electrons. The maximum Gasteiger partial charge on any atom is 0.416 e. The zero-order valence-electron chi connectivity index (χ0n) is 40.3. The quantitative estimate of drug-likeness (QED) is 0.0361. The molecule has 7 rings (SSSR count). The Labute approximate surface area is 444 Å². The Morgan fingerprint density at radius 3 is 1.01 bits per heavy atom. The summed E-state index contributed by atoms with van der Waals surface area (Å²) in [5, 5.41) is 0. The molecule has 0 spiro atoms. The van der Waals surface area contributed by atoms with E-state index >= 15 is 0 Å². The summed E-state index contributed by atoms with van der Waals surface area (Å²) in [5.41, 5.74) is -28.5. The van der Waals surface area contributed by atoms with E-state index in [-0.39, 0.29) is 18.0 Å². The van der Waals surface area contributed by atoms with Gasteiger partial charge in [-0.15, -0.1) is 0 Å². The van der Waals surface area contributed by atoms with Gasteiger partial charge >= 0.3 is 61.1 Å². The Bertz CT molecular complexity index is 3050. The molecule has 1 aromatic heterocycles. The zero-order chi connectivity index (χ0) is 61.6. The maximum atomic E-state index is 14.2. The molecular formula is C52H29BF24N2O3. The van der Waals surface area contributed by atoms with Crippen molar-refractivity contribution in [2.24, 2.45) is 0 Å². The number of halogens is 24. The second kappa shape index (κ2) is 22.3. The van der Waals surface area contributed by atoms with Gasteiger partial charge in [0.25, 0.3) is 0 Å².